The number of fused-ring (bicyclic) bond motifs is 1. The highest BCUT2D eigenvalue weighted by molar-refractivity contribution is 5.82. The van der Waals surface area contributed by atoms with E-state index in [0.717, 1.165) is 35.4 Å². The summed E-state index contributed by atoms with van der Waals surface area (Å²) in [6, 6.07) is 8.02. The first-order chi connectivity index (χ1) is 10.3. The molecule has 0 saturated heterocycles. The van der Waals surface area contributed by atoms with E-state index in [1.165, 1.54) is 0 Å². The van der Waals surface area contributed by atoms with Gasteiger partial charge in [-0.3, -0.25) is 4.90 Å². The van der Waals surface area contributed by atoms with Crippen molar-refractivity contribution in [3.8, 4) is 0 Å². The van der Waals surface area contributed by atoms with Gasteiger partial charge in [-0.25, -0.2) is 0 Å². The fraction of sp³-hybridized carbons (Fsp3) is 0.500. The Hall–Kier alpha value is -1.40. The predicted molar refractivity (Wildman–Crippen MR) is 83.1 cm³/mol. The van der Waals surface area contributed by atoms with E-state index in [1.54, 1.807) is 14.2 Å². The molecule has 116 valence electrons. The summed E-state index contributed by atoms with van der Waals surface area (Å²) in [7, 11) is 3.42. The maximum atomic E-state index is 5.98. The third-order valence-electron chi connectivity index (χ3n) is 3.58. The van der Waals surface area contributed by atoms with Gasteiger partial charge in [-0.05, 0) is 6.07 Å². The molecule has 5 nitrogen and oxygen atoms in total. The molecule has 0 aliphatic rings. The van der Waals surface area contributed by atoms with E-state index in [-0.39, 0.29) is 0 Å². The van der Waals surface area contributed by atoms with E-state index in [0.29, 0.717) is 26.3 Å². The zero-order valence-corrected chi connectivity index (χ0v) is 12.8. The van der Waals surface area contributed by atoms with Crippen molar-refractivity contribution >= 4 is 11.0 Å². The molecule has 0 radical (unpaired) electrons. The molecule has 0 unspecified atom stereocenters. The number of ether oxygens (including phenoxy) is 2. The molecule has 1 aromatic carbocycles. The minimum atomic E-state index is 0.481. The standard InChI is InChI=1S/C16H24N2O3/c1-19-9-7-18(8-10-20-2)12-16-14(11-17)13-5-3-4-6-15(13)21-16/h3-6H,7-12,17H2,1-2H3. The van der Waals surface area contributed by atoms with Gasteiger partial charge in [0.1, 0.15) is 11.3 Å². The highest BCUT2D eigenvalue weighted by Gasteiger charge is 2.15. The van der Waals surface area contributed by atoms with E-state index >= 15 is 0 Å². The minimum absolute atomic E-state index is 0.481. The summed E-state index contributed by atoms with van der Waals surface area (Å²) in [5.41, 5.74) is 7.89. The van der Waals surface area contributed by atoms with Crippen LogP contribution in [0.3, 0.4) is 0 Å². The number of furan rings is 1. The predicted octanol–water partition coefficient (Wildman–Crippen LogP) is 1.99. The summed E-state index contributed by atoms with van der Waals surface area (Å²) in [5.74, 6) is 0.936. The number of hydrogen-bond donors (Lipinski definition) is 1. The van der Waals surface area contributed by atoms with Crippen LogP contribution in [0.1, 0.15) is 11.3 Å². The third kappa shape index (κ3) is 4.04. The van der Waals surface area contributed by atoms with Crippen LogP contribution in [0.25, 0.3) is 11.0 Å². The lowest BCUT2D eigenvalue weighted by molar-refractivity contribution is 0.106. The molecule has 0 aliphatic heterocycles. The lowest BCUT2D eigenvalue weighted by atomic mass is 10.1. The number of hydrogen-bond acceptors (Lipinski definition) is 5. The number of benzene rings is 1. The molecule has 0 spiro atoms. The molecule has 0 saturated carbocycles. The Balaban J connectivity index is 2.18. The third-order valence-corrected chi connectivity index (χ3v) is 3.58. The SMILES string of the molecule is COCCN(CCOC)Cc1oc2ccccc2c1CN. The highest BCUT2D eigenvalue weighted by atomic mass is 16.5. The molecule has 1 aromatic heterocycles. The van der Waals surface area contributed by atoms with Crippen molar-refractivity contribution in [3.63, 3.8) is 0 Å². The Morgan fingerprint density at radius 3 is 2.38 bits per heavy atom. The molecular weight excluding hydrogens is 268 g/mol. The second kappa shape index (κ2) is 8.14. The van der Waals surface area contributed by atoms with Gasteiger partial charge < -0.3 is 19.6 Å². The molecule has 0 aliphatic carbocycles. The Labute approximate surface area is 125 Å². The van der Waals surface area contributed by atoms with Crippen LogP contribution in [0.4, 0.5) is 0 Å². The van der Waals surface area contributed by atoms with Gasteiger partial charge in [-0.15, -0.1) is 0 Å². The summed E-state index contributed by atoms with van der Waals surface area (Å²) in [6.45, 7) is 4.23. The van der Waals surface area contributed by atoms with Crippen LogP contribution in [0.15, 0.2) is 28.7 Å². The summed E-state index contributed by atoms with van der Waals surface area (Å²) < 4.78 is 16.3. The molecule has 2 N–H and O–H groups in total. The van der Waals surface area contributed by atoms with Crippen LogP contribution in [0.5, 0.6) is 0 Å². The van der Waals surface area contributed by atoms with Gasteiger partial charge in [-0.1, -0.05) is 18.2 Å². The maximum absolute atomic E-state index is 5.98. The average Bonchev–Trinajstić information content (AvgIpc) is 2.86. The quantitative estimate of drug-likeness (QED) is 0.766. The topological polar surface area (TPSA) is 60.9 Å². The molecule has 0 atom stereocenters. The molecule has 5 heteroatoms. The summed E-state index contributed by atoms with van der Waals surface area (Å²) >= 11 is 0. The van der Waals surface area contributed by atoms with Gasteiger partial charge in [0.2, 0.25) is 0 Å². The van der Waals surface area contributed by atoms with Gasteiger partial charge in [0.25, 0.3) is 0 Å². The van der Waals surface area contributed by atoms with Crippen LogP contribution in [0, 0.1) is 0 Å². The highest BCUT2D eigenvalue weighted by Crippen LogP contribution is 2.26. The fourth-order valence-electron chi connectivity index (χ4n) is 2.41. The Morgan fingerprint density at radius 2 is 1.76 bits per heavy atom. The van der Waals surface area contributed by atoms with Crippen molar-refractivity contribution < 1.29 is 13.9 Å². The molecule has 21 heavy (non-hydrogen) atoms. The first-order valence-corrected chi connectivity index (χ1v) is 7.19. The van der Waals surface area contributed by atoms with Crippen molar-refractivity contribution in [3.05, 3.63) is 35.6 Å². The van der Waals surface area contributed by atoms with E-state index in [2.05, 4.69) is 11.0 Å². The Kier molecular flexibility index (Phi) is 6.20. The number of para-hydroxylation sites is 1. The Morgan fingerprint density at radius 1 is 1.10 bits per heavy atom. The monoisotopic (exact) mass is 292 g/mol. The van der Waals surface area contributed by atoms with Crippen molar-refractivity contribution in [2.24, 2.45) is 5.73 Å². The lowest BCUT2D eigenvalue weighted by Crippen LogP contribution is -2.30. The van der Waals surface area contributed by atoms with Crippen LogP contribution in [-0.2, 0) is 22.6 Å². The van der Waals surface area contributed by atoms with Gasteiger partial charge in [-0.2, -0.15) is 0 Å². The van der Waals surface area contributed by atoms with Crippen LogP contribution < -0.4 is 5.73 Å². The first kappa shape index (κ1) is 16.0. The zero-order valence-electron chi connectivity index (χ0n) is 12.8. The number of nitrogens with two attached hydrogens (primary N) is 1. The van der Waals surface area contributed by atoms with Gasteiger partial charge in [0.15, 0.2) is 0 Å². The summed E-state index contributed by atoms with van der Waals surface area (Å²) in [6.07, 6.45) is 0. The van der Waals surface area contributed by atoms with Crippen molar-refractivity contribution in [2.75, 3.05) is 40.5 Å². The summed E-state index contributed by atoms with van der Waals surface area (Å²) in [4.78, 5) is 2.25. The summed E-state index contributed by atoms with van der Waals surface area (Å²) in [5, 5.41) is 1.11. The first-order valence-electron chi connectivity index (χ1n) is 7.19. The van der Waals surface area contributed by atoms with Crippen molar-refractivity contribution in [2.45, 2.75) is 13.1 Å². The smallest absolute Gasteiger partial charge is 0.134 e. The van der Waals surface area contributed by atoms with E-state index in [4.69, 9.17) is 19.6 Å². The van der Waals surface area contributed by atoms with E-state index in [9.17, 15) is 0 Å². The van der Waals surface area contributed by atoms with E-state index in [1.807, 2.05) is 18.2 Å². The fourth-order valence-corrected chi connectivity index (χ4v) is 2.41. The molecular formula is C16H24N2O3. The van der Waals surface area contributed by atoms with Crippen LogP contribution >= 0.6 is 0 Å². The lowest BCUT2D eigenvalue weighted by Gasteiger charge is -2.20. The largest absolute Gasteiger partial charge is 0.459 e. The van der Waals surface area contributed by atoms with Gasteiger partial charge >= 0.3 is 0 Å². The molecule has 0 amide bonds. The average molecular weight is 292 g/mol. The van der Waals surface area contributed by atoms with Crippen molar-refractivity contribution in [1.82, 2.24) is 4.90 Å². The van der Waals surface area contributed by atoms with Crippen LogP contribution in [-0.4, -0.2) is 45.4 Å². The minimum Gasteiger partial charge on any atom is -0.459 e. The Bertz CT molecular complexity index is 545. The van der Waals surface area contributed by atoms with Gasteiger partial charge in [0.05, 0.1) is 19.8 Å². The molecule has 0 bridgehead atoms. The van der Waals surface area contributed by atoms with Crippen molar-refractivity contribution in [1.29, 1.82) is 0 Å². The van der Waals surface area contributed by atoms with E-state index < -0.39 is 0 Å². The second-order valence-corrected chi connectivity index (χ2v) is 4.97. The number of nitrogens with zero attached hydrogens (tertiary/aromatic N) is 1. The number of methoxy groups -OCH3 is 2. The second-order valence-electron chi connectivity index (χ2n) is 4.97. The normalized spacial score (nSPS) is 11.6. The molecule has 2 aromatic rings. The molecule has 2 rings (SSSR count). The molecule has 1 heterocycles. The van der Waals surface area contributed by atoms with Gasteiger partial charge in [0, 0.05) is 44.8 Å². The zero-order chi connectivity index (χ0) is 15.1. The number of rotatable bonds is 9. The van der Waals surface area contributed by atoms with Crippen LogP contribution in [0.2, 0.25) is 0 Å². The molecule has 0 fully saturated rings. The maximum Gasteiger partial charge on any atom is 0.134 e.